The van der Waals surface area contributed by atoms with Gasteiger partial charge in [-0.25, -0.2) is 4.98 Å². The van der Waals surface area contributed by atoms with Crippen LogP contribution in [-0.2, 0) is 13.6 Å². The van der Waals surface area contributed by atoms with Gasteiger partial charge in [0.15, 0.2) is 5.16 Å². The highest BCUT2D eigenvalue weighted by Gasteiger charge is 2.20. The molecule has 0 aliphatic rings. The topological polar surface area (TPSA) is 121 Å². The van der Waals surface area contributed by atoms with Gasteiger partial charge in [0, 0.05) is 43.3 Å². The average molecular weight is 449 g/mol. The van der Waals surface area contributed by atoms with Crippen molar-refractivity contribution in [3.05, 3.63) is 88.3 Å². The lowest BCUT2D eigenvalue weighted by atomic mass is 10.1. The maximum absolute atomic E-state index is 12.7. The number of rotatable bonds is 7. The molecule has 2 aromatic carbocycles. The molecule has 2 aromatic heterocycles. The Labute approximate surface area is 187 Å². The van der Waals surface area contributed by atoms with Gasteiger partial charge < -0.3 is 14.5 Å². The van der Waals surface area contributed by atoms with Crippen LogP contribution in [0.1, 0.15) is 21.7 Å². The molecule has 11 heteroatoms. The van der Waals surface area contributed by atoms with Crippen molar-refractivity contribution in [2.45, 2.75) is 23.5 Å². The Morgan fingerprint density at radius 1 is 1.22 bits per heavy atom. The van der Waals surface area contributed by atoms with E-state index in [1.165, 1.54) is 12.4 Å². The SMILES string of the molecule is Cc1nccn1Cc1ccc(NC(=O)c2ccc(Sc3nncn3C)c([N+](=O)[O-])c2)cc1. The van der Waals surface area contributed by atoms with Crippen molar-refractivity contribution < 1.29 is 9.72 Å². The molecule has 10 nitrogen and oxygen atoms in total. The molecular weight excluding hydrogens is 430 g/mol. The molecule has 4 rings (SSSR count). The second-order valence-corrected chi connectivity index (χ2v) is 8.03. The number of nitrogens with one attached hydrogen (secondary N) is 1. The molecular formula is C21H19N7O3S. The quantitative estimate of drug-likeness (QED) is 0.337. The molecule has 162 valence electrons. The van der Waals surface area contributed by atoms with Crippen LogP contribution >= 0.6 is 11.8 Å². The molecule has 0 radical (unpaired) electrons. The highest BCUT2D eigenvalue weighted by Crippen LogP contribution is 2.34. The first-order valence-corrected chi connectivity index (χ1v) is 10.4. The summed E-state index contributed by atoms with van der Waals surface area (Å²) < 4.78 is 3.68. The van der Waals surface area contributed by atoms with Gasteiger partial charge in [-0.3, -0.25) is 14.9 Å². The minimum atomic E-state index is -0.512. The predicted octanol–water partition coefficient (Wildman–Crippen LogP) is 3.68. The summed E-state index contributed by atoms with van der Waals surface area (Å²) >= 11 is 1.11. The van der Waals surface area contributed by atoms with E-state index in [1.807, 2.05) is 29.8 Å². The van der Waals surface area contributed by atoms with Gasteiger partial charge in [0.05, 0.1) is 9.82 Å². The first kappa shape index (κ1) is 21.2. The van der Waals surface area contributed by atoms with Gasteiger partial charge >= 0.3 is 0 Å². The molecule has 0 bridgehead atoms. The number of hydrogen-bond acceptors (Lipinski definition) is 7. The Balaban J connectivity index is 1.48. The summed E-state index contributed by atoms with van der Waals surface area (Å²) in [7, 11) is 1.75. The van der Waals surface area contributed by atoms with Crippen molar-refractivity contribution in [2.24, 2.45) is 7.05 Å². The van der Waals surface area contributed by atoms with Crippen molar-refractivity contribution in [1.29, 1.82) is 0 Å². The maximum Gasteiger partial charge on any atom is 0.284 e. The molecule has 0 aliphatic carbocycles. The zero-order valence-electron chi connectivity index (χ0n) is 17.3. The lowest BCUT2D eigenvalue weighted by Gasteiger charge is -2.09. The Kier molecular flexibility index (Phi) is 5.99. The fourth-order valence-electron chi connectivity index (χ4n) is 3.02. The number of carbonyl (C=O) groups excluding carboxylic acids is 1. The lowest BCUT2D eigenvalue weighted by molar-refractivity contribution is -0.387. The number of hydrogen-bond donors (Lipinski definition) is 1. The van der Waals surface area contributed by atoms with Crippen LogP contribution in [0.2, 0.25) is 0 Å². The number of aromatic nitrogens is 5. The number of nitro groups is 1. The molecule has 0 aliphatic heterocycles. The molecule has 4 aromatic rings. The Bertz CT molecular complexity index is 1280. The van der Waals surface area contributed by atoms with E-state index in [0.29, 0.717) is 22.3 Å². The Morgan fingerprint density at radius 3 is 2.62 bits per heavy atom. The molecule has 0 fully saturated rings. The monoisotopic (exact) mass is 449 g/mol. The summed E-state index contributed by atoms with van der Waals surface area (Å²) in [6, 6.07) is 11.8. The van der Waals surface area contributed by atoms with Gasteiger partial charge in [0.1, 0.15) is 12.2 Å². The summed E-state index contributed by atoms with van der Waals surface area (Å²) in [5.41, 5.74) is 1.68. The minimum Gasteiger partial charge on any atom is -0.331 e. The first-order chi connectivity index (χ1) is 15.4. The first-order valence-electron chi connectivity index (χ1n) is 9.59. The van der Waals surface area contributed by atoms with Gasteiger partial charge in [-0.2, -0.15) is 0 Å². The van der Waals surface area contributed by atoms with Crippen LogP contribution in [-0.4, -0.2) is 35.1 Å². The Morgan fingerprint density at radius 2 is 2.00 bits per heavy atom. The van der Waals surface area contributed by atoms with Crippen molar-refractivity contribution >= 4 is 29.0 Å². The summed E-state index contributed by atoms with van der Waals surface area (Å²) in [4.78, 5) is 28.3. The van der Waals surface area contributed by atoms with E-state index in [0.717, 1.165) is 23.1 Å². The molecule has 32 heavy (non-hydrogen) atoms. The number of carbonyl (C=O) groups is 1. The summed E-state index contributed by atoms with van der Waals surface area (Å²) in [6.07, 6.45) is 5.17. The highest BCUT2D eigenvalue weighted by atomic mass is 32.2. The van der Waals surface area contributed by atoms with Gasteiger partial charge in [-0.1, -0.05) is 12.1 Å². The van der Waals surface area contributed by atoms with Crippen LogP contribution < -0.4 is 5.32 Å². The van der Waals surface area contributed by atoms with Crippen LogP contribution in [0.3, 0.4) is 0 Å². The number of imidazole rings is 1. The number of nitrogens with zero attached hydrogens (tertiary/aromatic N) is 6. The van der Waals surface area contributed by atoms with Crippen molar-refractivity contribution in [1.82, 2.24) is 24.3 Å². The van der Waals surface area contributed by atoms with E-state index < -0.39 is 10.8 Å². The third-order valence-corrected chi connectivity index (χ3v) is 5.89. The van der Waals surface area contributed by atoms with Crippen LogP contribution in [0, 0.1) is 17.0 Å². The minimum absolute atomic E-state index is 0.170. The van der Waals surface area contributed by atoms with Gasteiger partial charge in [-0.05, 0) is 48.5 Å². The standard InChI is InChI=1S/C21H19N7O3S/c1-14-22-9-10-27(14)12-15-3-6-17(7-4-15)24-20(29)16-5-8-19(18(11-16)28(30)31)32-21-25-23-13-26(21)2/h3-11,13H,12H2,1-2H3,(H,24,29). The molecule has 0 saturated heterocycles. The van der Waals surface area contributed by atoms with E-state index in [2.05, 4.69) is 20.5 Å². The molecule has 2 heterocycles. The summed E-state index contributed by atoms with van der Waals surface area (Å²) in [5, 5.41) is 22.6. The fourth-order valence-corrected chi connectivity index (χ4v) is 3.87. The zero-order chi connectivity index (χ0) is 22.7. The van der Waals surface area contributed by atoms with Crippen molar-refractivity contribution in [2.75, 3.05) is 5.32 Å². The summed E-state index contributed by atoms with van der Waals surface area (Å²) in [6.45, 7) is 2.61. The number of amides is 1. The van der Waals surface area contributed by atoms with E-state index >= 15 is 0 Å². The van der Waals surface area contributed by atoms with Crippen LogP contribution in [0.25, 0.3) is 0 Å². The molecule has 1 N–H and O–H groups in total. The highest BCUT2D eigenvalue weighted by molar-refractivity contribution is 7.99. The molecule has 0 spiro atoms. The van der Waals surface area contributed by atoms with Gasteiger partial charge in [0.2, 0.25) is 0 Å². The molecule has 0 atom stereocenters. The van der Waals surface area contributed by atoms with Crippen molar-refractivity contribution in [3.63, 3.8) is 0 Å². The second-order valence-electron chi connectivity index (χ2n) is 7.02. The maximum atomic E-state index is 12.7. The van der Waals surface area contributed by atoms with Gasteiger partial charge in [-0.15, -0.1) is 10.2 Å². The molecule has 0 saturated carbocycles. The third-order valence-electron chi connectivity index (χ3n) is 4.78. The Hall–Kier alpha value is -3.99. The van der Waals surface area contributed by atoms with Gasteiger partial charge in [0.25, 0.3) is 11.6 Å². The number of benzene rings is 2. The summed E-state index contributed by atoms with van der Waals surface area (Å²) in [5.74, 6) is 0.492. The molecule has 1 amide bonds. The average Bonchev–Trinajstić information content (AvgIpc) is 3.37. The third kappa shape index (κ3) is 4.67. The zero-order valence-corrected chi connectivity index (χ0v) is 18.1. The van der Waals surface area contributed by atoms with E-state index in [9.17, 15) is 14.9 Å². The van der Waals surface area contributed by atoms with Crippen molar-refractivity contribution in [3.8, 4) is 0 Å². The number of anilines is 1. The number of nitro benzene ring substituents is 1. The second kappa shape index (κ2) is 9.02. The van der Waals surface area contributed by atoms with E-state index in [4.69, 9.17) is 0 Å². The van der Waals surface area contributed by atoms with E-state index in [1.54, 1.807) is 42.1 Å². The van der Waals surface area contributed by atoms with Crippen LogP contribution in [0.15, 0.2) is 71.2 Å². The van der Waals surface area contributed by atoms with E-state index in [-0.39, 0.29) is 11.3 Å². The number of aryl methyl sites for hydroxylation is 2. The smallest absolute Gasteiger partial charge is 0.284 e. The molecule has 0 unspecified atom stereocenters. The fraction of sp³-hybridized carbons (Fsp3) is 0.143. The van der Waals surface area contributed by atoms with Crippen LogP contribution in [0.4, 0.5) is 11.4 Å². The normalized spacial score (nSPS) is 10.8. The largest absolute Gasteiger partial charge is 0.331 e. The van der Waals surface area contributed by atoms with Crippen LogP contribution in [0.5, 0.6) is 0 Å². The lowest BCUT2D eigenvalue weighted by Crippen LogP contribution is -2.12. The predicted molar refractivity (Wildman–Crippen MR) is 119 cm³/mol.